The van der Waals surface area contributed by atoms with E-state index < -0.39 is 6.04 Å². The Balaban J connectivity index is 1.43. The summed E-state index contributed by atoms with van der Waals surface area (Å²) >= 11 is 0. The molecule has 1 aromatic carbocycles. The van der Waals surface area contributed by atoms with Gasteiger partial charge in [-0.2, -0.15) is 0 Å². The van der Waals surface area contributed by atoms with Crippen LogP contribution in [-0.2, 0) is 22.7 Å². The van der Waals surface area contributed by atoms with Crippen LogP contribution in [0.4, 0.5) is 0 Å². The summed E-state index contributed by atoms with van der Waals surface area (Å²) in [5.74, 6) is -0.0894. The molecule has 2 fully saturated rings. The fraction of sp³-hybridized carbons (Fsp3) is 0.526. The largest absolute Gasteiger partial charge is 0.322 e. The summed E-state index contributed by atoms with van der Waals surface area (Å²) in [6.45, 7) is 5.44. The Kier molecular flexibility index (Phi) is 4.50. The van der Waals surface area contributed by atoms with E-state index in [9.17, 15) is 14.4 Å². The SMILES string of the molecule is C[C@H](NCc1ccc2c(c1)C(=O)N(C1CCC(=O)NC1=O)C2)C1CNC1. The number of fused-ring (bicyclic) bond motifs is 1. The third kappa shape index (κ3) is 3.12. The highest BCUT2D eigenvalue weighted by Gasteiger charge is 2.39. The van der Waals surface area contributed by atoms with Crippen LogP contribution in [0.1, 0.15) is 41.3 Å². The molecule has 1 aromatic rings. The lowest BCUT2D eigenvalue weighted by Crippen LogP contribution is -2.52. The molecular formula is C19H24N4O3. The van der Waals surface area contributed by atoms with Crippen molar-refractivity contribution in [1.82, 2.24) is 20.9 Å². The number of nitrogens with one attached hydrogen (secondary N) is 3. The minimum Gasteiger partial charge on any atom is -0.322 e. The van der Waals surface area contributed by atoms with Crippen LogP contribution in [0.15, 0.2) is 18.2 Å². The quantitative estimate of drug-likeness (QED) is 0.653. The average Bonchev–Trinajstić information content (AvgIpc) is 2.88. The summed E-state index contributed by atoms with van der Waals surface area (Å²) in [6.07, 6.45) is 0.672. The molecule has 3 heterocycles. The Bertz CT molecular complexity index is 759. The van der Waals surface area contributed by atoms with Gasteiger partial charge in [-0.05, 0) is 36.5 Å². The third-order valence-electron chi connectivity index (χ3n) is 5.74. The molecule has 7 nitrogen and oxygen atoms in total. The van der Waals surface area contributed by atoms with Gasteiger partial charge in [0.05, 0.1) is 0 Å². The number of carbonyl (C=O) groups excluding carboxylic acids is 3. The maximum atomic E-state index is 12.8. The molecule has 3 amide bonds. The molecule has 3 N–H and O–H groups in total. The van der Waals surface area contributed by atoms with Crippen LogP contribution in [-0.4, -0.2) is 47.8 Å². The first-order valence-electron chi connectivity index (χ1n) is 9.23. The maximum absolute atomic E-state index is 12.8. The molecule has 26 heavy (non-hydrogen) atoms. The predicted octanol–water partition coefficient (Wildman–Crippen LogP) is 0.145. The molecule has 1 unspecified atom stereocenters. The molecule has 0 bridgehead atoms. The molecule has 3 aliphatic rings. The lowest BCUT2D eigenvalue weighted by atomic mass is 9.95. The zero-order valence-electron chi connectivity index (χ0n) is 14.9. The highest BCUT2D eigenvalue weighted by atomic mass is 16.2. The zero-order chi connectivity index (χ0) is 18.3. The Morgan fingerprint density at radius 1 is 1.27 bits per heavy atom. The Labute approximate surface area is 152 Å². The number of rotatable bonds is 5. The average molecular weight is 356 g/mol. The molecule has 0 aromatic heterocycles. The van der Waals surface area contributed by atoms with Gasteiger partial charge in [-0.1, -0.05) is 12.1 Å². The molecule has 7 heteroatoms. The minimum atomic E-state index is -0.555. The van der Waals surface area contributed by atoms with E-state index in [2.05, 4.69) is 22.9 Å². The van der Waals surface area contributed by atoms with E-state index in [1.807, 2.05) is 18.2 Å². The van der Waals surface area contributed by atoms with E-state index in [0.717, 1.165) is 30.8 Å². The number of hydrogen-bond acceptors (Lipinski definition) is 5. The number of carbonyl (C=O) groups is 3. The Morgan fingerprint density at radius 3 is 2.77 bits per heavy atom. The molecule has 4 rings (SSSR count). The standard InChI is InChI=1S/C19H24N4O3/c1-11(14-8-20-9-14)21-7-12-2-3-13-10-23(19(26)15(13)6-12)16-4-5-17(24)22-18(16)25/h2-3,6,11,14,16,20-21H,4-5,7-10H2,1H3,(H,22,24,25)/t11-,16?/m0/s1. The van der Waals surface area contributed by atoms with Gasteiger partial charge in [0.15, 0.2) is 0 Å². The van der Waals surface area contributed by atoms with Crippen LogP contribution in [0.5, 0.6) is 0 Å². The molecule has 0 saturated carbocycles. The first kappa shape index (κ1) is 17.2. The smallest absolute Gasteiger partial charge is 0.255 e. The van der Waals surface area contributed by atoms with Crippen molar-refractivity contribution in [3.8, 4) is 0 Å². The van der Waals surface area contributed by atoms with Gasteiger partial charge in [0.25, 0.3) is 5.91 Å². The molecule has 0 aliphatic carbocycles. The normalized spacial score (nSPS) is 24.3. The summed E-state index contributed by atoms with van der Waals surface area (Å²) in [7, 11) is 0. The van der Waals surface area contributed by atoms with Crippen LogP contribution < -0.4 is 16.0 Å². The fourth-order valence-electron chi connectivity index (χ4n) is 3.82. The summed E-state index contributed by atoms with van der Waals surface area (Å²) < 4.78 is 0. The summed E-state index contributed by atoms with van der Waals surface area (Å²) in [4.78, 5) is 37.8. The summed E-state index contributed by atoms with van der Waals surface area (Å²) in [6, 6.07) is 5.83. The van der Waals surface area contributed by atoms with Gasteiger partial charge in [-0.15, -0.1) is 0 Å². The molecule has 138 valence electrons. The fourth-order valence-corrected chi connectivity index (χ4v) is 3.82. The summed E-state index contributed by atoms with van der Waals surface area (Å²) in [5, 5.41) is 9.14. The minimum absolute atomic E-state index is 0.118. The van der Waals surface area contributed by atoms with Gasteiger partial charge < -0.3 is 15.5 Å². The van der Waals surface area contributed by atoms with Crippen LogP contribution >= 0.6 is 0 Å². The van der Waals surface area contributed by atoms with Gasteiger partial charge in [0, 0.05) is 44.2 Å². The van der Waals surface area contributed by atoms with Crippen molar-refractivity contribution in [2.24, 2.45) is 5.92 Å². The summed E-state index contributed by atoms with van der Waals surface area (Å²) in [5.41, 5.74) is 2.69. The highest BCUT2D eigenvalue weighted by Crippen LogP contribution is 2.28. The molecule has 2 atom stereocenters. The zero-order valence-corrected chi connectivity index (χ0v) is 14.9. The van der Waals surface area contributed by atoms with Crippen molar-refractivity contribution in [1.29, 1.82) is 0 Å². The van der Waals surface area contributed by atoms with E-state index in [0.29, 0.717) is 30.5 Å². The van der Waals surface area contributed by atoms with Gasteiger partial charge in [0.2, 0.25) is 11.8 Å². The lowest BCUT2D eigenvalue weighted by Gasteiger charge is -2.33. The van der Waals surface area contributed by atoms with Crippen molar-refractivity contribution in [3.05, 3.63) is 34.9 Å². The number of amides is 3. The maximum Gasteiger partial charge on any atom is 0.255 e. The predicted molar refractivity (Wildman–Crippen MR) is 95.1 cm³/mol. The second kappa shape index (κ2) is 6.81. The van der Waals surface area contributed by atoms with Crippen molar-refractivity contribution in [3.63, 3.8) is 0 Å². The Morgan fingerprint density at radius 2 is 2.08 bits per heavy atom. The van der Waals surface area contributed by atoms with E-state index >= 15 is 0 Å². The number of hydrogen-bond donors (Lipinski definition) is 3. The van der Waals surface area contributed by atoms with Crippen molar-refractivity contribution < 1.29 is 14.4 Å². The number of imide groups is 1. The van der Waals surface area contributed by atoms with E-state index in [4.69, 9.17) is 0 Å². The lowest BCUT2D eigenvalue weighted by molar-refractivity contribution is -0.136. The van der Waals surface area contributed by atoms with Crippen LogP contribution in [0.2, 0.25) is 0 Å². The van der Waals surface area contributed by atoms with Crippen LogP contribution in [0, 0.1) is 5.92 Å². The van der Waals surface area contributed by atoms with Gasteiger partial charge >= 0.3 is 0 Å². The molecule has 2 saturated heterocycles. The van der Waals surface area contributed by atoms with Gasteiger partial charge in [-0.3, -0.25) is 19.7 Å². The van der Waals surface area contributed by atoms with Crippen LogP contribution in [0.25, 0.3) is 0 Å². The highest BCUT2D eigenvalue weighted by molar-refractivity contribution is 6.05. The van der Waals surface area contributed by atoms with Crippen molar-refractivity contribution >= 4 is 17.7 Å². The number of benzene rings is 1. The topological polar surface area (TPSA) is 90.5 Å². The van der Waals surface area contributed by atoms with Crippen molar-refractivity contribution in [2.45, 2.75) is 44.9 Å². The second-order valence-electron chi connectivity index (χ2n) is 7.48. The first-order chi connectivity index (χ1) is 12.5. The van der Waals surface area contributed by atoms with Gasteiger partial charge in [-0.25, -0.2) is 0 Å². The van der Waals surface area contributed by atoms with Crippen molar-refractivity contribution in [2.75, 3.05) is 13.1 Å². The molecule has 0 spiro atoms. The van der Waals surface area contributed by atoms with E-state index in [1.165, 1.54) is 0 Å². The Hall–Kier alpha value is -2.25. The monoisotopic (exact) mass is 356 g/mol. The first-order valence-corrected chi connectivity index (χ1v) is 9.23. The van der Waals surface area contributed by atoms with Crippen LogP contribution in [0.3, 0.4) is 0 Å². The molecular weight excluding hydrogens is 332 g/mol. The molecule has 3 aliphatic heterocycles. The number of piperidine rings is 1. The number of nitrogens with zero attached hydrogens (tertiary/aromatic N) is 1. The van der Waals surface area contributed by atoms with E-state index in [-0.39, 0.29) is 24.1 Å². The third-order valence-corrected chi connectivity index (χ3v) is 5.74. The van der Waals surface area contributed by atoms with Gasteiger partial charge in [0.1, 0.15) is 6.04 Å². The molecule has 0 radical (unpaired) electrons. The second-order valence-corrected chi connectivity index (χ2v) is 7.48. The van der Waals surface area contributed by atoms with E-state index in [1.54, 1.807) is 4.90 Å².